The van der Waals surface area contributed by atoms with Gasteiger partial charge in [-0.2, -0.15) is 0 Å². The molecule has 0 aromatic carbocycles. The number of phosphoric acid groups is 1. The Hall–Kier alpha value is -2.06. The summed E-state index contributed by atoms with van der Waals surface area (Å²) in [5, 5.41) is 13.8. The third kappa shape index (κ3) is 47.9. The molecule has 0 aliphatic carbocycles. The summed E-state index contributed by atoms with van der Waals surface area (Å²) < 4.78 is 23.6. The molecular formula is C55H102N2O6P+. The van der Waals surface area contributed by atoms with Crippen LogP contribution in [0.5, 0.6) is 0 Å². The van der Waals surface area contributed by atoms with Gasteiger partial charge in [-0.15, -0.1) is 0 Å². The van der Waals surface area contributed by atoms with Gasteiger partial charge in [0.15, 0.2) is 0 Å². The van der Waals surface area contributed by atoms with E-state index in [9.17, 15) is 19.4 Å². The van der Waals surface area contributed by atoms with Gasteiger partial charge in [0.25, 0.3) is 0 Å². The molecule has 64 heavy (non-hydrogen) atoms. The van der Waals surface area contributed by atoms with E-state index in [1.807, 2.05) is 27.2 Å². The number of rotatable bonds is 47. The van der Waals surface area contributed by atoms with Crippen LogP contribution in [0.4, 0.5) is 0 Å². The molecule has 0 spiro atoms. The Bertz CT molecular complexity index is 1270. The van der Waals surface area contributed by atoms with Crippen molar-refractivity contribution in [2.75, 3.05) is 40.9 Å². The van der Waals surface area contributed by atoms with Crippen molar-refractivity contribution < 1.29 is 32.9 Å². The SMILES string of the molecule is CC/C=C\C/C=C\C/C=C\C/C=C\CCCCCCCCCCCCCCCCCCC(=O)NC(COP(=O)(O)OCC[N+](C)(C)C)C(O)/C=C/CC/C=C/CCCCCCCCC. The Morgan fingerprint density at radius 3 is 1.44 bits per heavy atom. The summed E-state index contributed by atoms with van der Waals surface area (Å²) in [6.45, 7) is 4.67. The number of carbonyl (C=O) groups excluding carboxylic acids is 1. The number of nitrogens with one attached hydrogen (secondary N) is 1. The number of hydrogen-bond donors (Lipinski definition) is 3. The number of carbonyl (C=O) groups is 1. The fourth-order valence-electron chi connectivity index (χ4n) is 7.28. The highest BCUT2D eigenvalue weighted by Gasteiger charge is 2.27. The highest BCUT2D eigenvalue weighted by atomic mass is 31.2. The van der Waals surface area contributed by atoms with Gasteiger partial charge in [-0.3, -0.25) is 13.8 Å². The molecule has 0 rings (SSSR count). The van der Waals surface area contributed by atoms with Crippen LogP contribution < -0.4 is 5.32 Å². The lowest BCUT2D eigenvalue weighted by molar-refractivity contribution is -0.870. The van der Waals surface area contributed by atoms with Crippen LogP contribution in [0, 0.1) is 0 Å². The van der Waals surface area contributed by atoms with Gasteiger partial charge in [-0.25, -0.2) is 4.57 Å². The highest BCUT2D eigenvalue weighted by molar-refractivity contribution is 7.47. The van der Waals surface area contributed by atoms with Crippen LogP contribution in [0.1, 0.15) is 219 Å². The second-order valence-corrected chi connectivity index (χ2v) is 20.3. The molecule has 372 valence electrons. The zero-order valence-corrected chi connectivity index (χ0v) is 43.1. The Balaban J connectivity index is 4.15. The summed E-state index contributed by atoms with van der Waals surface area (Å²) in [6, 6.07) is -0.864. The van der Waals surface area contributed by atoms with E-state index < -0.39 is 20.0 Å². The zero-order valence-electron chi connectivity index (χ0n) is 42.3. The lowest BCUT2D eigenvalue weighted by Gasteiger charge is -2.25. The molecule has 0 fully saturated rings. The van der Waals surface area contributed by atoms with Crippen molar-refractivity contribution in [2.45, 2.75) is 231 Å². The Morgan fingerprint density at radius 1 is 0.547 bits per heavy atom. The largest absolute Gasteiger partial charge is 0.472 e. The van der Waals surface area contributed by atoms with Crippen molar-refractivity contribution in [3.05, 3.63) is 72.9 Å². The molecule has 0 aliphatic heterocycles. The zero-order chi connectivity index (χ0) is 47.1. The maximum atomic E-state index is 12.9. The summed E-state index contributed by atoms with van der Waals surface area (Å²) in [4.78, 5) is 23.2. The van der Waals surface area contributed by atoms with Crippen LogP contribution in [0.25, 0.3) is 0 Å². The van der Waals surface area contributed by atoms with E-state index in [2.05, 4.69) is 79.9 Å². The lowest BCUT2D eigenvalue weighted by Crippen LogP contribution is -2.45. The van der Waals surface area contributed by atoms with Crippen molar-refractivity contribution in [3.8, 4) is 0 Å². The van der Waals surface area contributed by atoms with Crippen molar-refractivity contribution >= 4 is 13.7 Å². The van der Waals surface area contributed by atoms with Crippen LogP contribution in [-0.4, -0.2) is 73.4 Å². The average Bonchev–Trinajstić information content (AvgIpc) is 3.25. The van der Waals surface area contributed by atoms with E-state index >= 15 is 0 Å². The summed E-state index contributed by atoms with van der Waals surface area (Å²) in [6.07, 6.45) is 62.8. The number of aliphatic hydroxyl groups is 1. The summed E-state index contributed by atoms with van der Waals surface area (Å²) in [5.74, 6) is -0.189. The Labute approximate surface area is 395 Å². The van der Waals surface area contributed by atoms with Crippen molar-refractivity contribution in [1.82, 2.24) is 5.32 Å². The number of allylic oxidation sites excluding steroid dienone is 11. The standard InChI is InChI=1S/C55H101N2O6P/c1-6-8-10-12-14-16-18-20-21-22-23-24-25-26-27-28-29-30-31-32-33-34-35-37-39-41-43-45-47-49-55(59)56-53(52-63-64(60,61)62-51-50-57(3,4)5)54(58)48-46-44-42-40-38-36-19-17-15-13-11-9-7-2/h8,10,14,16,20-21,23-24,38,40,46,48,53-54,58H,6-7,9,11-13,15,17-19,22,25-37,39,41-45,47,49-52H2,1-5H3,(H-,56,59,60,61)/p+1/b10-8-,16-14-,21-20-,24-23-,40-38+,48-46+. The van der Waals surface area contributed by atoms with Gasteiger partial charge in [0.05, 0.1) is 39.9 Å². The van der Waals surface area contributed by atoms with Gasteiger partial charge in [-0.1, -0.05) is 215 Å². The summed E-state index contributed by atoms with van der Waals surface area (Å²) in [7, 11) is 1.55. The van der Waals surface area contributed by atoms with E-state index in [0.717, 1.165) is 64.2 Å². The molecule has 8 nitrogen and oxygen atoms in total. The molecule has 9 heteroatoms. The predicted molar refractivity (Wildman–Crippen MR) is 276 cm³/mol. The fourth-order valence-corrected chi connectivity index (χ4v) is 8.02. The van der Waals surface area contributed by atoms with Gasteiger partial charge >= 0.3 is 7.82 Å². The second kappa shape index (κ2) is 46.1. The molecule has 0 aromatic heterocycles. The summed E-state index contributed by atoms with van der Waals surface area (Å²) in [5.41, 5.74) is 0. The van der Waals surface area contributed by atoms with E-state index in [-0.39, 0.29) is 19.1 Å². The molecule has 0 aromatic rings. The molecule has 3 unspecified atom stereocenters. The maximum Gasteiger partial charge on any atom is 0.472 e. The van der Waals surface area contributed by atoms with Crippen LogP contribution >= 0.6 is 7.82 Å². The fraction of sp³-hybridized carbons (Fsp3) is 0.764. The molecular weight excluding hydrogens is 816 g/mol. The van der Waals surface area contributed by atoms with E-state index in [0.29, 0.717) is 17.4 Å². The summed E-state index contributed by atoms with van der Waals surface area (Å²) >= 11 is 0. The molecule has 0 aliphatic rings. The minimum absolute atomic E-state index is 0.0544. The van der Waals surface area contributed by atoms with Gasteiger partial charge in [0.1, 0.15) is 13.2 Å². The number of likely N-dealkylation sites (N-methyl/N-ethyl adjacent to an activating group) is 1. The first kappa shape index (κ1) is 61.9. The molecule has 0 saturated heterocycles. The minimum Gasteiger partial charge on any atom is -0.387 e. The molecule has 3 N–H and O–H groups in total. The Kier molecular flexibility index (Phi) is 44.6. The third-order valence-corrected chi connectivity index (χ3v) is 12.4. The van der Waals surface area contributed by atoms with Crippen LogP contribution in [0.3, 0.4) is 0 Å². The highest BCUT2D eigenvalue weighted by Crippen LogP contribution is 2.43. The quantitative estimate of drug-likeness (QED) is 0.0243. The molecule has 0 radical (unpaired) electrons. The van der Waals surface area contributed by atoms with E-state index in [1.54, 1.807) is 6.08 Å². The van der Waals surface area contributed by atoms with Gasteiger partial charge < -0.3 is 19.8 Å². The number of unbranched alkanes of at least 4 members (excludes halogenated alkanes) is 24. The van der Waals surface area contributed by atoms with Crippen molar-refractivity contribution in [3.63, 3.8) is 0 Å². The smallest absolute Gasteiger partial charge is 0.387 e. The number of nitrogens with zero attached hydrogens (tertiary/aromatic N) is 1. The molecule has 0 bridgehead atoms. The third-order valence-electron chi connectivity index (χ3n) is 11.4. The van der Waals surface area contributed by atoms with E-state index in [4.69, 9.17) is 9.05 Å². The maximum absolute atomic E-state index is 12.9. The predicted octanol–water partition coefficient (Wildman–Crippen LogP) is 15.5. The molecule has 1 amide bonds. The number of quaternary nitrogens is 1. The van der Waals surface area contributed by atoms with Crippen molar-refractivity contribution in [2.24, 2.45) is 0 Å². The molecule has 0 saturated carbocycles. The number of amides is 1. The normalized spacial score (nSPS) is 14.7. The molecule has 3 atom stereocenters. The van der Waals surface area contributed by atoms with Crippen LogP contribution in [0.2, 0.25) is 0 Å². The first-order valence-electron chi connectivity index (χ1n) is 26.3. The van der Waals surface area contributed by atoms with Gasteiger partial charge in [0.2, 0.25) is 5.91 Å². The second-order valence-electron chi connectivity index (χ2n) is 18.9. The van der Waals surface area contributed by atoms with E-state index in [1.165, 1.54) is 135 Å². The monoisotopic (exact) mass is 918 g/mol. The number of aliphatic hydroxyl groups excluding tert-OH is 1. The van der Waals surface area contributed by atoms with Gasteiger partial charge in [-0.05, 0) is 70.6 Å². The minimum atomic E-state index is -4.35. The van der Waals surface area contributed by atoms with Crippen molar-refractivity contribution in [1.29, 1.82) is 0 Å². The first-order valence-corrected chi connectivity index (χ1v) is 27.8. The topological polar surface area (TPSA) is 105 Å². The van der Waals surface area contributed by atoms with Crippen LogP contribution in [-0.2, 0) is 18.4 Å². The number of hydrogen-bond acceptors (Lipinski definition) is 5. The average molecular weight is 918 g/mol. The molecule has 0 heterocycles. The van der Waals surface area contributed by atoms with Gasteiger partial charge in [0, 0.05) is 6.42 Å². The van der Waals surface area contributed by atoms with Crippen LogP contribution in [0.15, 0.2) is 72.9 Å². The first-order chi connectivity index (χ1) is 31.0. The lowest BCUT2D eigenvalue weighted by atomic mass is 10.0. The number of phosphoric ester groups is 1. The Morgan fingerprint density at radius 2 is 0.953 bits per heavy atom.